The Bertz CT molecular complexity index is 85.1. The number of nitrogens with one attached hydrogen (secondary N) is 1. The maximum Gasteiger partial charge on any atom is 0.0827 e. The molecule has 2 rings (SSSR count). The molecule has 1 heterocycles. The van der Waals surface area contributed by atoms with Crippen LogP contribution in [0.25, 0.3) is 0 Å². The first kappa shape index (κ1) is 5.69. The smallest absolute Gasteiger partial charge is 0.0827 e. The van der Waals surface area contributed by atoms with Gasteiger partial charge in [0.05, 0.1) is 12.2 Å². The lowest BCUT2D eigenvalue weighted by Crippen LogP contribution is -2.50. The van der Waals surface area contributed by atoms with E-state index in [2.05, 4.69) is 5.32 Å². The Morgan fingerprint density at radius 3 is 2.22 bits per heavy atom. The molecule has 2 aliphatic rings. The van der Waals surface area contributed by atoms with Crippen LogP contribution in [0.5, 0.6) is 0 Å². The summed E-state index contributed by atoms with van der Waals surface area (Å²) in [5.74, 6) is 0. The van der Waals surface area contributed by atoms with Gasteiger partial charge in [0, 0.05) is 13.1 Å². The lowest BCUT2D eigenvalue weighted by Gasteiger charge is -2.35. The first-order valence-corrected chi connectivity index (χ1v) is 3.81. The van der Waals surface area contributed by atoms with Gasteiger partial charge in [0.1, 0.15) is 0 Å². The van der Waals surface area contributed by atoms with Gasteiger partial charge in [0.15, 0.2) is 0 Å². The molecule has 1 aliphatic heterocycles. The van der Waals surface area contributed by atoms with Crippen LogP contribution in [0.15, 0.2) is 0 Å². The molecule has 0 aromatic heterocycles. The summed E-state index contributed by atoms with van der Waals surface area (Å²) in [5.41, 5.74) is 0. The van der Waals surface area contributed by atoms with E-state index in [4.69, 9.17) is 4.74 Å². The number of hydrogen-bond acceptors (Lipinski definition) is 2. The summed E-state index contributed by atoms with van der Waals surface area (Å²) in [4.78, 5) is 0. The van der Waals surface area contributed by atoms with Crippen LogP contribution in [0.4, 0.5) is 0 Å². The van der Waals surface area contributed by atoms with E-state index in [1.807, 2.05) is 0 Å². The van der Waals surface area contributed by atoms with E-state index in [1.54, 1.807) is 0 Å². The second-order valence-electron chi connectivity index (χ2n) is 2.97. The van der Waals surface area contributed by atoms with Gasteiger partial charge in [-0.05, 0) is 19.3 Å². The summed E-state index contributed by atoms with van der Waals surface area (Å²) in [6, 6.07) is 0. The third-order valence-corrected chi connectivity index (χ3v) is 2.18. The van der Waals surface area contributed by atoms with Crippen LogP contribution in [0.1, 0.15) is 19.3 Å². The molecule has 0 bridgehead atoms. The molecule has 52 valence electrons. The van der Waals surface area contributed by atoms with Crippen molar-refractivity contribution in [2.45, 2.75) is 31.5 Å². The van der Waals surface area contributed by atoms with Crippen molar-refractivity contribution >= 4 is 0 Å². The van der Waals surface area contributed by atoms with Crippen molar-refractivity contribution in [3.05, 3.63) is 0 Å². The molecule has 0 spiro atoms. The summed E-state index contributed by atoms with van der Waals surface area (Å²) in [6.07, 6.45) is 5.16. The van der Waals surface area contributed by atoms with Gasteiger partial charge in [-0.3, -0.25) is 0 Å². The maximum absolute atomic E-state index is 5.66. The summed E-state index contributed by atoms with van der Waals surface area (Å²) in [7, 11) is 0. The van der Waals surface area contributed by atoms with Crippen molar-refractivity contribution in [1.82, 2.24) is 5.32 Å². The van der Waals surface area contributed by atoms with Crippen LogP contribution in [0, 0.1) is 0 Å². The van der Waals surface area contributed by atoms with E-state index < -0.39 is 0 Å². The topological polar surface area (TPSA) is 21.3 Å². The summed E-state index contributed by atoms with van der Waals surface area (Å²) in [6.45, 7) is 2.16. The Labute approximate surface area is 55.6 Å². The van der Waals surface area contributed by atoms with Gasteiger partial charge >= 0.3 is 0 Å². The Kier molecular flexibility index (Phi) is 1.44. The van der Waals surface area contributed by atoms with Gasteiger partial charge in [-0.15, -0.1) is 0 Å². The zero-order valence-corrected chi connectivity index (χ0v) is 5.60. The molecule has 2 fully saturated rings. The molecular formula is C7H13NO. The van der Waals surface area contributed by atoms with Crippen LogP contribution in [0.2, 0.25) is 0 Å². The lowest BCUT2D eigenvalue weighted by atomic mass is 9.96. The van der Waals surface area contributed by atoms with E-state index in [9.17, 15) is 0 Å². The minimum Gasteiger partial charge on any atom is -0.372 e. The van der Waals surface area contributed by atoms with Gasteiger partial charge in [-0.1, -0.05) is 0 Å². The summed E-state index contributed by atoms with van der Waals surface area (Å²) < 4.78 is 5.66. The SMILES string of the molecule is C1CC(OC2CNC2)C1. The van der Waals surface area contributed by atoms with Gasteiger partial charge < -0.3 is 10.1 Å². The van der Waals surface area contributed by atoms with Crippen LogP contribution in [-0.4, -0.2) is 25.3 Å². The fourth-order valence-corrected chi connectivity index (χ4v) is 1.14. The Balaban J connectivity index is 1.64. The highest BCUT2D eigenvalue weighted by Crippen LogP contribution is 2.23. The Hall–Kier alpha value is -0.0800. The largest absolute Gasteiger partial charge is 0.372 e. The first-order chi connectivity index (χ1) is 4.45. The highest BCUT2D eigenvalue weighted by Gasteiger charge is 2.25. The van der Waals surface area contributed by atoms with Gasteiger partial charge in [0.25, 0.3) is 0 Å². The second kappa shape index (κ2) is 2.27. The molecule has 1 aliphatic carbocycles. The zero-order chi connectivity index (χ0) is 6.10. The van der Waals surface area contributed by atoms with Crippen molar-refractivity contribution in [1.29, 1.82) is 0 Å². The van der Waals surface area contributed by atoms with Crippen molar-refractivity contribution in [2.24, 2.45) is 0 Å². The molecular weight excluding hydrogens is 114 g/mol. The average Bonchev–Trinajstić information content (AvgIpc) is 1.57. The Morgan fingerprint density at radius 2 is 1.89 bits per heavy atom. The molecule has 1 saturated heterocycles. The summed E-state index contributed by atoms with van der Waals surface area (Å²) >= 11 is 0. The van der Waals surface area contributed by atoms with Crippen molar-refractivity contribution < 1.29 is 4.74 Å². The van der Waals surface area contributed by atoms with E-state index >= 15 is 0 Å². The van der Waals surface area contributed by atoms with Crippen LogP contribution < -0.4 is 5.32 Å². The first-order valence-electron chi connectivity index (χ1n) is 3.81. The molecule has 0 amide bonds. The molecule has 2 nitrogen and oxygen atoms in total. The van der Waals surface area contributed by atoms with E-state index in [-0.39, 0.29) is 0 Å². The second-order valence-corrected chi connectivity index (χ2v) is 2.97. The van der Waals surface area contributed by atoms with Crippen LogP contribution in [0.3, 0.4) is 0 Å². The van der Waals surface area contributed by atoms with E-state index in [1.165, 1.54) is 19.3 Å². The standard InChI is InChI=1S/C7H13NO/c1-2-6(3-1)9-7-4-8-5-7/h6-8H,1-5H2. The minimum absolute atomic E-state index is 0.551. The predicted molar refractivity (Wildman–Crippen MR) is 35.4 cm³/mol. The fraction of sp³-hybridized carbons (Fsp3) is 1.00. The summed E-state index contributed by atoms with van der Waals surface area (Å²) in [5, 5.41) is 3.19. The molecule has 1 N–H and O–H groups in total. The monoisotopic (exact) mass is 127 g/mol. The van der Waals surface area contributed by atoms with E-state index in [0.29, 0.717) is 12.2 Å². The highest BCUT2D eigenvalue weighted by molar-refractivity contribution is 4.79. The third kappa shape index (κ3) is 1.10. The molecule has 0 radical (unpaired) electrons. The van der Waals surface area contributed by atoms with Crippen molar-refractivity contribution in [2.75, 3.05) is 13.1 Å². The van der Waals surface area contributed by atoms with Crippen molar-refractivity contribution in [3.63, 3.8) is 0 Å². The molecule has 0 aromatic carbocycles. The molecule has 9 heavy (non-hydrogen) atoms. The number of rotatable bonds is 2. The van der Waals surface area contributed by atoms with Crippen LogP contribution >= 0.6 is 0 Å². The van der Waals surface area contributed by atoms with Gasteiger partial charge in [-0.2, -0.15) is 0 Å². The van der Waals surface area contributed by atoms with Crippen molar-refractivity contribution in [3.8, 4) is 0 Å². The molecule has 0 atom stereocenters. The maximum atomic E-state index is 5.66. The number of ether oxygens (including phenoxy) is 1. The molecule has 0 unspecified atom stereocenters. The number of hydrogen-bond donors (Lipinski definition) is 1. The van der Waals surface area contributed by atoms with Gasteiger partial charge in [-0.25, -0.2) is 0 Å². The highest BCUT2D eigenvalue weighted by atomic mass is 16.5. The fourth-order valence-electron chi connectivity index (χ4n) is 1.14. The average molecular weight is 127 g/mol. The Morgan fingerprint density at radius 1 is 1.11 bits per heavy atom. The van der Waals surface area contributed by atoms with E-state index in [0.717, 1.165) is 13.1 Å². The third-order valence-electron chi connectivity index (χ3n) is 2.18. The molecule has 2 heteroatoms. The minimum atomic E-state index is 0.551. The van der Waals surface area contributed by atoms with Gasteiger partial charge in [0.2, 0.25) is 0 Å². The molecule has 0 aromatic rings. The normalized spacial score (nSPS) is 29.3. The predicted octanol–water partition coefficient (Wildman–Crippen LogP) is 0.527. The lowest BCUT2D eigenvalue weighted by molar-refractivity contribution is -0.0707. The zero-order valence-electron chi connectivity index (χ0n) is 5.60. The quantitative estimate of drug-likeness (QED) is 0.584. The molecule has 1 saturated carbocycles. The van der Waals surface area contributed by atoms with Crippen LogP contribution in [-0.2, 0) is 4.74 Å².